The minimum atomic E-state index is -0.258. The van der Waals surface area contributed by atoms with E-state index in [0.29, 0.717) is 42.4 Å². The molecular formula is C17H21NO4. The molecule has 5 heteroatoms. The number of ether oxygens (including phenoxy) is 3. The van der Waals surface area contributed by atoms with Gasteiger partial charge in [0, 0.05) is 24.9 Å². The van der Waals surface area contributed by atoms with E-state index in [0.717, 1.165) is 12.8 Å². The standard InChI is InChI=1S/C17H21NO4/c1-18-12-3-4-13(18)10-14(9-12)22-17(19)11-2-5-15-16(8-11)21-7-6-20-15/h2,5,8,12-14H,3-4,6-7,9-10H2,1H3/t12-,13-/m1/s1. The van der Waals surface area contributed by atoms with Gasteiger partial charge in [0.15, 0.2) is 11.5 Å². The van der Waals surface area contributed by atoms with Crippen LogP contribution in [0.1, 0.15) is 36.0 Å². The molecule has 0 saturated carbocycles. The zero-order chi connectivity index (χ0) is 15.1. The van der Waals surface area contributed by atoms with Gasteiger partial charge in [0.2, 0.25) is 0 Å². The van der Waals surface area contributed by atoms with Crippen molar-refractivity contribution in [3.05, 3.63) is 23.8 Å². The second-order valence-electron chi connectivity index (χ2n) is 6.41. The van der Waals surface area contributed by atoms with Crippen molar-refractivity contribution >= 4 is 5.97 Å². The highest BCUT2D eigenvalue weighted by atomic mass is 16.6. The van der Waals surface area contributed by atoms with Crippen LogP contribution in [0.3, 0.4) is 0 Å². The van der Waals surface area contributed by atoms with Gasteiger partial charge in [0.05, 0.1) is 5.56 Å². The van der Waals surface area contributed by atoms with Crippen molar-refractivity contribution in [1.29, 1.82) is 0 Å². The third-order valence-electron chi connectivity index (χ3n) is 5.11. The Morgan fingerprint density at radius 1 is 1.14 bits per heavy atom. The van der Waals surface area contributed by atoms with Crippen LogP contribution in [0.4, 0.5) is 0 Å². The maximum Gasteiger partial charge on any atom is 0.338 e. The van der Waals surface area contributed by atoms with Gasteiger partial charge >= 0.3 is 5.97 Å². The van der Waals surface area contributed by atoms with Crippen molar-refractivity contribution in [3.8, 4) is 11.5 Å². The number of hydrogen-bond acceptors (Lipinski definition) is 5. The van der Waals surface area contributed by atoms with Crippen LogP contribution < -0.4 is 9.47 Å². The third kappa shape index (κ3) is 2.43. The molecule has 118 valence electrons. The third-order valence-corrected chi connectivity index (χ3v) is 5.11. The predicted octanol–water partition coefficient (Wildman–Crippen LogP) is 2.24. The Morgan fingerprint density at radius 3 is 2.55 bits per heavy atom. The lowest BCUT2D eigenvalue weighted by Gasteiger charge is -2.35. The minimum absolute atomic E-state index is 0.0365. The fourth-order valence-corrected chi connectivity index (χ4v) is 3.85. The molecule has 1 aromatic rings. The molecule has 3 heterocycles. The van der Waals surface area contributed by atoms with Gasteiger partial charge in [0.25, 0.3) is 0 Å². The van der Waals surface area contributed by atoms with Crippen LogP contribution in [0.5, 0.6) is 11.5 Å². The molecular weight excluding hydrogens is 282 g/mol. The average Bonchev–Trinajstić information content (AvgIpc) is 2.75. The minimum Gasteiger partial charge on any atom is -0.486 e. The molecule has 0 N–H and O–H groups in total. The average molecular weight is 303 g/mol. The van der Waals surface area contributed by atoms with Crippen LogP contribution in [-0.4, -0.2) is 49.3 Å². The summed E-state index contributed by atoms with van der Waals surface area (Å²) in [5.41, 5.74) is 0.538. The molecule has 0 aliphatic carbocycles. The summed E-state index contributed by atoms with van der Waals surface area (Å²) < 4.78 is 16.7. The Hall–Kier alpha value is -1.75. The molecule has 22 heavy (non-hydrogen) atoms. The van der Waals surface area contributed by atoms with Gasteiger partial charge in [-0.25, -0.2) is 4.79 Å². The lowest BCUT2D eigenvalue weighted by Crippen LogP contribution is -2.43. The van der Waals surface area contributed by atoms with E-state index in [2.05, 4.69) is 11.9 Å². The van der Waals surface area contributed by atoms with Gasteiger partial charge in [0.1, 0.15) is 19.3 Å². The highest BCUT2D eigenvalue weighted by Gasteiger charge is 2.39. The maximum absolute atomic E-state index is 12.4. The highest BCUT2D eigenvalue weighted by Crippen LogP contribution is 2.36. The van der Waals surface area contributed by atoms with E-state index in [4.69, 9.17) is 14.2 Å². The first-order valence-corrected chi connectivity index (χ1v) is 8.03. The topological polar surface area (TPSA) is 48.0 Å². The number of carbonyl (C=O) groups is 1. The number of nitrogens with zero attached hydrogens (tertiary/aromatic N) is 1. The number of hydrogen-bond donors (Lipinski definition) is 0. The van der Waals surface area contributed by atoms with Gasteiger partial charge in [-0.15, -0.1) is 0 Å². The molecule has 2 atom stereocenters. The fraction of sp³-hybridized carbons (Fsp3) is 0.588. The largest absolute Gasteiger partial charge is 0.486 e. The lowest BCUT2D eigenvalue weighted by molar-refractivity contribution is -0.000505. The zero-order valence-corrected chi connectivity index (χ0v) is 12.8. The Balaban J connectivity index is 1.44. The summed E-state index contributed by atoms with van der Waals surface area (Å²) in [6.07, 6.45) is 4.37. The van der Waals surface area contributed by atoms with E-state index >= 15 is 0 Å². The van der Waals surface area contributed by atoms with Gasteiger partial charge in [-0.3, -0.25) is 0 Å². The van der Waals surface area contributed by atoms with E-state index in [1.165, 1.54) is 12.8 Å². The molecule has 5 nitrogen and oxygen atoms in total. The van der Waals surface area contributed by atoms with E-state index in [1.54, 1.807) is 18.2 Å². The molecule has 4 rings (SSSR count). The van der Waals surface area contributed by atoms with Crippen molar-refractivity contribution < 1.29 is 19.0 Å². The zero-order valence-electron chi connectivity index (χ0n) is 12.8. The van der Waals surface area contributed by atoms with Crippen LogP contribution in [0.25, 0.3) is 0 Å². The summed E-state index contributed by atoms with van der Waals surface area (Å²) >= 11 is 0. The van der Waals surface area contributed by atoms with E-state index in [9.17, 15) is 4.79 Å². The quantitative estimate of drug-likeness (QED) is 0.784. The molecule has 0 radical (unpaired) electrons. The van der Waals surface area contributed by atoms with Crippen molar-refractivity contribution in [2.75, 3.05) is 20.3 Å². The first-order chi connectivity index (χ1) is 10.7. The van der Waals surface area contributed by atoms with Crippen LogP contribution >= 0.6 is 0 Å². The molecule has 2 saturated heterocycles. The van der Waals surface area contributed by atoms with Crippen LogP contribution in [0.2, 0.25) is 0 Å². The van der Waals surface area contributed by atoms with E-state index in [1.807, 2.05) is 0 Å². The first kappa shape index (κ1) is 13.9. The second kappa shape index (κ2) is 5.47. The molecule has 2 bridgehead atoms. The molecule has 3 aliphatic heterocycles. The van der Waals surface area contributed by atoms with Crippen molar-refractivity contribution in [2.45, 2.75) is 43.9 Å². The normalized spacial score (nSPS) is 30.1. The summed E-state index contributed by atoms with van der Waals surface area (Å²) in [6.45, 7) is 1.07. The number of benzene rings is 1. The van der Waals surface area contributed by atoms with E-state index < -0.39 is 0 Å². The molecule has 2 fully saturated rings. The van der Waals surface area contributed by atoms with Crippen LogP contribution in [0.15, 0.2) is 18.2 Å². The molecule has 0 unspecified atom stereocenters. The van der Waals surface area contributed by atoms with Gasteiger partial charge in [-0.2, -0.15) is 0 Å². The molecule has 3 aliphatic rings. The van der Waals surface area contributed by atoms with Gasteiger partial charge in [-0.1, -0.05) is 0 Å². The second-order valence-corrected chi connectivity index (χ2v) is 6.41. The Labute approximate surface area is 130 Å². The Bertz CT molecular complexity index is 574. The smallest absolute Gasteiger partial charge is 0.338 e. The first-order valence-electron chi connectivity index (χ1n) is 8.03. The summed E-state index contributed by atoms with van der Waals surface area (Å²) in [5.74, 6) is 1.07. The summed E-state index contributed by atoms with van der Waals surface area (Å²) in [7, 11) is 2.18. The number of fused-ring (bicyclic) bond motifs is 3. The van der Waals surface area contributed by atoms with Crippen LogP contribution in [0, 0.1) is 0 Å². The Kier molecular flexibility index (Phi) is 3.45. The fourth-order valence-electron chi connectivity index (χ4n) is 3.85. The van der Waals surface area contributed by atoms with Gasteiger partial charge < -0.3 is 19.1 Å². The number of carbonyl (C=O) groups excluding carboxylic acids is 1. The van der Waals surface area contributed by atoms with Crippen LogP contribution in [-0.2, 0) is 4.74 Å². The van der Waals surface area contributed by atoms with Crippen molar-refractivity contribution in [3.63, 3.8) is 0 Å². The Morgan fingerprint density at radius 2 is 1.82 bits per heavy atom. The van der Waals surface area contributed by atoms with Crippen molar-refractivity contribution in [1.82, 2.24) is 4.90 Å². The van der Waals surface area contributed by atoms with E-state index in [-0.39, 0.29) is 12.1 Å². The summed E-state index contributed by atoms with van der Waals surface area (Å²) in [6, 6.07) is 6.39. The molecule has 0 spiro atoms. The molecule has 0 amide bonds. The SMILES string of the molecule is CN1[C@@H]2CC[C@@H]1CC(OC(=O)c1ccc3c(c1)OCCO3)C2. The number of esters is 1. The predicted molar refractivity (Wildman–Crippen MR) is 80.4 cm³/mol. The lowest BCUT2D eigenvalue weighted by atomic mass is 10.0. The van der Waals surface area contributed by atoms with Crippen molar-refractivity contribution in [2.24, 2.45) is 0 Å². The summed E-state index contributed by atoms with van der Waals surface area (Å²) in [5, 5.41) is 0. The molecule has 0 aromatic heterocycles. The number of piperidine rings is 1. The number of rotatable bonds is 2. The molecule has 1 aromatic carbocycles. The highest BCUT2D eigenvalue weighted by molar-refractivity contribution is 5.90. The maximum atomic E-state index is 12.4. The summed E-state index contributed by atoms with van der Waals surface area (Å²) in [4.78, 5) is 14.8. The van der Waals surface area contributed by atoms with Gasteiger partial charge in [-0.05, 0) is 38.1 Å². The monoisotopic (exact) mass is 303 g/mol.